The number of aliphatic carboxylic acids is 1. The van der Waals surface area contributed by atoms with Gasteiger partial charge in [-0.05, 0) is 78.3 Å². The van der Waals surface area contributed by atoms with Crippen LogP contribution in [0.15, 0.2) is 65.5 Å². The quantitative estimate of drug-likeness (QED) is 0.382. The minimum atomic E-state index is -0.781. The number of carboxylic acid groups (broad SMARTS) is 1. The first-order chi connectivity index (χ1) is 17.8. The van der Waals surface area contributed by atoms with Crippen molar-refractivity contribution in [3.8, 4) is 11.5 Å². The molecule has 5 rings (SSSR count). The number of nitrogens with zero attached hydrogens (tertiary/aromatic N) is 1. The van der Waals surface area contributed by atoms with Crippen LogP contribution in [0, 0.1) is 17.2 Å². The number of rotatable bonds is 10. The van der Waals surface area contributed by atoms with Gasteiger partial charge in [0.1, 0.15) is 23.9 Å². The Morgan fingerprint density at radius 2 is 2.03 bits per heavy atom. The first-order valence-corrected chi connectivity index (χ1v) is 12.8. The molecular formula is C29H34FN3O4. The lowest BCUT2D eigenvalue weighted by atomic mass is 9.83. The zero-order valence-electron chi connectivity index (χ0n) is 21.5. The van der Waals surface area contributed by atoms with Crippen LogP contribution >= 0.6 is 0 Å². The number of carboxylic acids is 1. The van der Waals surface area contributed by atoms with Crippen molar-refractivity contribution >= 4 is 11.7 Å². The van der Waals surface area contributed by atoms with Crippen LogP contribution in [-0.4, -0.2) is 24.8 Å². The Hall–Kier alpha value is -3.52. The third kappa shape index (κ3) is 5.30. The van der Waals surface area contributed by atoms with Crippen molar-refractivity contribution in [2.75, 3.05) is 18.7 Å². The summed E-state index contributed by atoms with van der Waals surface area (Å²) < 4.78 is 26.6. The summed E-state index contributed by atoms with van der Waals surface area (Å²) in [7, 11) is 1.56. The Kier molecular flexibility index (Phi) is 6.86. The fourth-order valence-corrected chi connectivity index (χ4v) is 5.37. The van der Waals surface area contributed by atoms with Crippen LogP contribution in [0.3, 0.4) is 0 Å². The fraction of sp³-hybridized carbons (Fsp3) is 0.414. The maximum atomic E-state index is 15.0. The molecule has 1 atom stereocenters. The average Bonchev–Trinajstić information content (AvgIpc) is 3.54. The lowest BCUT2D eigenvalue weighted by Gasteiger charge is -2.29. The molecule has 0 bridgehead atoms. The van der Waals surface area contributed by atoms with E-state index in [0.717, 1.165) is 48.2 Å². The number of benzene rings is 2. The van der Waals surface area contributed by atoms with Crippen LogP contribution in [0.1, 0.15) is 57.4 Å². The Balaban J connectivity index is 1.44. The summed E-state index contributed by atoms with van der Waals surface area (Å²) in [5.41, 5.74) is 10.3. The molecule has 37 heavy (non-hydrogen) atoms. The van der Waals surface area contributed by atoms with Crippen LogP contribution in [0.4, 0.5) is 10.1 Å². The van der Waals surface area contributed by atoms with Crippen molar-refractivity contribution in [2.45, 2.75) is 51.9 Å². The predicted octanol–water partition coefficient (Wildman–Crippen LogP) is 5.67. The summed E-state index contributed by atoms with van der Waals surface area (Å²) in [5, 5.41) is 11.1. The monoisotopic (exact) mass is 507 g/mol. The van der Waals surface area contributed by atoms with Gasteiger partial charge in [-0.1, -0.05) is 32.1 Å². The van der Waals surface area contributed by atoms with Crippen LogP contribution in [0.5, 0.6) is 11.5 Å². The maximum Gasteiger partial charge on any atom is 0.303 e. The van der Waals surface area contributed by atoms with Crippen molar-refractivity contribution in [1.82, 2.24) is 11.0 Å². The summed E-state index contributed by atoms with van der Waals surface area (Å²) in [5.74, 6) is 0.500. The third-order valence-electron chi connectivity index (χ3n) is 7.58. The number of hydrazine groups is 2. The molecular weight excluding hydrogens is 473 g/mol. The summed E-state index contributed by atoms with van der Waals surface area (Å²) in [6.45, 7) is 4.62. The van der Waals surface area contributed by atoms with Gasteiger partial charge in [0.25, 0.3) is 0 Å². The molecule has 0 saturated heterocycles. The van der Waals surface area contributed by atoms with E-state index in [2.05, 4.69) is 30.9 Å². The second-order valence-electron chi connectivity index (χ2n) is 10.7. The van der Waals surface area contributed by atoms with Crippen LogP contribution in [-0.2, 0) is 4.79 Å². The second-order valence-corrected chi connectivity index (χ2v) is 10.7. The van der Waals surface area contributed by atoms with Gasteiger partial charge in [0.05, 0.1) is 30.6 Å². The number of methoxy groups -OCH3 is 1. The van der Waals surface area contributed by atoms with Gasteiger partial charge < -0.3 is 20.0 Å². The summed E-state index contributed by atoms with van der Waals surface area (Å²) >= 11 is 0. The molecule has 8 heteroatoms. The molecule has 1 aliphatic heterocycles. The fourth-order valence-electron chi connectivity index (χ4n) is 5.37. The number of allylic oxidation sites excluding steroid dienone is 2. The summed E-state index contributed by atoms with van der Waals surface area (Å²) in [4.78, 5) is 11.4. The lowest BCUT2D eigenvalue weighted by molar-refractivity contribution is -0.137. The molecule has 2 aliphatic carbocycles. The summed E-state index contributed by atoms with van der Waals surface area (Å²) in [6, 6.07) is 12.4. The van der Waals surface area contributed by atoms with E-state index in [0.29, 0.717) is 23.1 Å². The molecule has 196 valence electrons. The van der Waals surface area contributed by atoms with Crippen molar-refractivity contribution in [1.29, 1.82) is 0 Å². The zero-order chi connectivity index (χ0) is 26.2. The van der Waals surface area contributed by atoms with E-state index in [1.807, 2.05) is 24.3 Å². The first kappa shape index (κ1) is 25.1. The van der Waals surface area contributed by atoms with Gasteiger partial charge in [0.2, 0.25) is 0 Å². The molecule has 1 heterocycles. The van der Waals surface area contributed by atoms with Crippen molar-refractivity contribution in [3.05, 3.63) is 76.9 Å². The molecule has 2 aromatic rings. The van der Waals surface area contributed by atoms with E-state index in [4.69, 9.17) is 9.47 Å². The van der Waals surface area contributed by atoms with Crippen LogP contribution < -0.4 is 25.4 Å². The third-order valence-corrected chi connectivity index (χ3v) is 7.58. The van der Waals surface area contributed by atoms with E-state index in [9.17, 15) is 14.3 Å². The molecule has 1 saturated carbocycles. The highest BCUT2D eigenvalue weighted by Crippen LogP contribution is 2.46. The second kappa shape index (κ2) is 10.1. The summed E-state index contributed by atoms with van der Waals surface area (Å²) in [6.07, 6.45) is 6.42. The average molecular weight is 508 g/mol. The molecule has 3 N–H and O–H groups in total. The van der Waals surface area contributed by atoms with Gasteiger partial charge in [-0.2, -0.15) is 0 Å². The lowest BCUT2D eigenvalue weighted by Crippen LogP contribution is -2.39. The van der Waals surface area contributed by atoms with E-state index < -0.39 is 5.97 Å². The van der Waals surface area contributed by atoms with Gasteiger partial charge in [0, 0.05) is 6.07 Å². The first-order valence-electron chi connectivity index (χ1n) is 12.8. The number of nitrogens with one attached hydrogen (secondary N) is 2. The van der Waals surface area contributed by atoms with Gasteiger partial charge >= 0.3 is 5.97 Å². The molecule has 0 radical (unpaired) electrons. The molecule has 2 aromatic carbocycles. The molecule has 0 spiro atoms. The Morgan fingerprint density at radius 1 is 1.22 bits per heavy atom. The molecule has 3 aliphatic rings. The Morgan fingerprint density at radius 3 is 2.70 bits per heavy atom. The van der Waals surface area contributed by atoms with Gasteiger partial charge in [-0.3, -0.25) is 9.80 Å². The number of hydrogen-bond donors (Lipinski definition) is 3. The topological polar surface area (TPSA) is 83.1 Å². The number of ether oxygens (including phenoxy) is 2. The zero-order valence-corrected chi connectivity index (χ0v) is 21.5. The Labute approximate surface area is 216 Å². The highest BCUT2D eigenvalue weighted by atomic mass is 19.1. The molecule has 1 fully saturated rings. The van der Waals surface area contributed by atoms with E-state index >= 15 is 0 Å². The van der Waals surface area contributed by atoms with E-state index in [1.54, 1.807) is 24.3 Å². The number of halogens is 1. The Bertz CT molecular complexity index is 1250. The van der Waals surface area contributed by atoms with Gasteiger partial charge in [0.15, 0.2) is 0 Å². The van der Waals surface area contributed by atoms with E-state index in [1.165, 1.54) is 6.07 Å². The minimum absolute atomic E-state index is 0.00179. The molecule has 0 aromatic heterocycles. The molecule has 0 amide bonds. The van der Waals surface area contributed by atoms with Crippen LogP contribution in [0.25, 0.3) is 0 Å². The smallest absolute Gasteiger partial charge is 0.303 e. The molecule has 0 unspecified atom stereocenters. The SMILES string of the molecule is COc1ccc(F)c(N2NNC(COc3cccc([C@@H](CC(=O)O)C4CC4)c3)=C2C2=CCCC2(C)C)c1. The molecule has 7 nitrogen and oxygen atoms in total. The largest absolute Gasteiger partial charge is 0.497 e. The normalized spacial score (nSPS) is 19.5. The highest BCUT2D eigenvalue weighted by molar-refractivity contribution is 5.68. The number of anilines is 1. The van der Waals surface area contributed by atoms with E-state index in [-0.39, 0.29) is 30.2 Å². The highest BCUT2D eigenvalue weighted by Gasteiger charge is 2.38. The van der Waals surface area contributed by atoms with Gasteiger partial charge in [-0.25, -0.2) is 4.39 Å². The standard InChI is InChI=1S/C29H34FN3O4/c1-29(2)13-5-8-23(29)28-25(31-32-33(28)26-15-20(36-3)11-12-24(26)30)17-37-21-7-4-6-19(14-21)22(16-27(34)35)18-9-10-18/h4,6-8,11-12,14-15,18,22,31-32H,5,9-10,13,16-17H2,1-3H3,(H,34,35)/t22-/m0/s1. The number of hydrogen-bond acceptors (Lipinski definition) is 6. The van der Waals surface area contributed by atoms with Crippen molar-refractivity contribution in [3.63, 3.8) is 0 Å². The van der Waals surface area contributed by atoms with Crippen molar-refractivity contribution < 1.29 is 23.8 Å². The number of carbonyl (C=O) groups is 1. The van der Waals surface area contributed by atoms with Crippen molar-refractivity contribution in [2.24, 2.45) is 11.3 Å². The van der Waals surface area contributed by atoms with Crippen LogP contribution in [0.2, 0.25) is 0 Å². The predicted molar refractivity (Wildman–Crippen MR) is 139 cm³/mol. The maximum absolute atomic E-state index is 15.0. The minimum Gasteiger partial charge on any atom is -0.497 e. The van der Waals surface area contributed by atoms with Gasteiger partial charge in [-0.15, -0.1) is 5.53 Å².